The monoisotopic (exact) mass is 1040 g/mol. The first-order chi connectivity index (χ1) is 37.0. The summed E-state index contributed by atoms with van der Waals surface area (Å²) in [7, 11) is 0. The molecule has 0 aromatic heterocycles. The number of carbonyl (C=O) groups is 3. The maximum atomic E-state index is 12.9. The van der Waals surface area contributed by atoms with Crippen molar-refractivity contribution >= 4 is 17.9 Å². The zero-order chi connectivity index (χ0) is 54.3. The van der Waals surface area contributed by atoms with Gasteiger partial charge in [0.15, 0.2) is 6.10 Å². The van der Waals surface area contributed by atoms with Crippen molar-refractivity contribution in [2.24, 2.45) is 0 Å². The fourth-order valence-corrected chi connectivity index (χ4v) is 9.09. The van der Waals surface area contributed by atoms with E-state index in [2.05, 4.69) is 106 Å². The maximum Gasteiger partial charge on any atom is 0.306 e. The highest BCUT2D eigenvalue weighted by molar-refractivity contribution is 5.71. The smallest absolute Gasteiger partial charge is 0.306 e. The molecule has 0 N–H and O–H groups in total. The number of hydrogen-bond donors (Lipinski definition) is 0. The highest BCUT2D eigenvalue weighted by atomic mass is 16.6. The van der Waals surface area contributed by atoms with Gasteiger partial charge in [0.2, 0.25) is 0 Å². The van der Waals surface area contributed by atoms with Crippen LogP contribution in [0.5, 0.6) is 0 Å². The molecular formula is C69H120O6. The maximum absolute atomic E-state index is 12.9. The Balaban J connectivity index is 4.38. The van der Waals surface area contributed by atoms with E-state index in [1.807, 2.05) is 0 Å². The molecule has 0 bridgehead atoms. The van der Waals surface area contributed by atoms with Crippen LogP contribution in [0.25, 0.3) is 0 Å². The zero-order valence-electron chi connectivity index (χ0n) is 49.6. The molecule has 0 aliphatic heterocycles. The van der Waals surface area contributed by atoms with Gasteiger partial charge in [-0.2, -0.15) is 0 Å². The highest BCUT2D eigenvalue weighted by Crippen LogP contribution is 2.16. The Morgan fingerprint density at radius 3 is 0.827 bits per heavy atom. The van der Waals surface area contributed by atoms with Crippen molar-refractivity contribution in [2.45, 2.75) is 322 Å². The number of allylic oxidation sites excluding steroid dienone is 14. The van der Waals surface area contributed by atoms with Crippen LogP contribution in [0.4, 0.5) is 0 Å². The average Bonchev–Trinajstić information content (AvgIpc) is 3.41. The Morgan fingerprint density at radius 2 is 0.520 bits per heavy atom. The Bertz CT molecular complexity index is 1430. The highest BCUT2D eigenvalue weighted by Gasteiger charge is 2.19. The molecule has 0 rings (SSSR count). The molecule has 1 unspecified atom stereocenters. The van der Waals surface area contributed by atoms with Crippen LogP contribution >= 0.6 is 0 Å². The molecule has 0 aliphatic carbocycles. The minimum absolute atomic E-state index is 0.0816. The lowest BCUT2D eigenvalue weighted by Gasteiger charge is -2.18. The molecule has 0 radical (unpaired) electrons. The van der Waals surface area contributed by atoms with E-state index in [9.17, 15) is 14.4 Å². The minimum Gasteiger partial charge on any atom is -0.462 e. The molecule has 432 valence electrons. The number of carbonyl (C=O) groups excluding carboxylic acids is 3. The van der Waals surface area contributed by atoms with Gasteiger partial charge in [0.25, 0.3) is 0 Å². The van der Waals surface area contributed by atoms with Crippen LogP contribution in [-0.2, 0) is 28.6 Å². The molecule has 0 heterocycles. The molecule has 0 fully saturated rings. The van der Waals surface area contributed by atoms with Crippen LogP contribution in [0.2, 0.25) is 0 Å². The second kappa shape index (κ2) is 63.1. The van der Waals surface area contributed by atoms with E-state index in [0.717, 1.165) is 122 Å². The fourth-order valence-electron chi connectivity index (χ4n) is 9.09. The van der Waals surface area contributed by atoms with E-state index in [0.29, 0.717) is 19.3 Å². The van der Waals surface area contributed by atoms with Crippen molar-refractivity contribution in [2.75, 3.05) is 13.2 Å². The molecular weight excluding hydrogens is 925 g/mol. The van der Waals surface area contributed by atoms with Crippen molar-refractivity contribution in [3.8, 4) is 0 Å². The first-order valence-corrected chi connectivity index (χ1v) is 32.1. The Kier molecular flexibility index (Phi) is 60.3. The van der Waals surface area contributed by atoms with Crippen LogP contribution in [0.15, 0.2) is 85.1 Å². The first kappa shape index (κ1) is 71.6. The van der Waals surface area contributed by atoms with E-state index in [-0.39, 0.29) is 31.1 Å². The zero-order valence-corrected chi connectivity index (χ0v) is 49.6. The molecule has 0 aromatic carbocycles. The molecule has 0 saturated heterocycles. The topological polar surface area (TPSA) is 78.9 Å². The number of rotatable bonds is 58. The van der Waals surface area contributed by atoms with Gasteiger partial charge in [-0.3, -0.25) is 14.4 Å². The fraction of sp³-hybridized carbons (Fsp3) is 0.754. The third-order valence-corrected chi connectivity index (χ3v) is 13.9. The number of hydrogen-bond acceptors (Lipinski definition) is 6. The van der Waals surface area contributed by atoms with Crippen molar-refractivity contribution in [1.29, 1.82) is 0 Å². The van der Waals surface area contributed by atoms with Crippen LogP contribution in [-0.4, -0.2) is 37.2 Å². The summed E-state index contributed by atoms with van der Waals surface area (Å²) >= 11 is 0. The predicted octanol–water partition coefficient (Wildman–Crippen LogP) is 21.9. The number of ether oxygens (including phenoxy) is 3. The Hall–Kier alpha value is -3.41. The lowest BCUT2D eigenvalue weighted by atomic mass is 10.0. The van der Waals surface area contributed by atoms with Gasteiger partial charge in [0.1, 0.15) is 13.2 Å². The van der Waals surface area contributed by atoms with E-state index in [1.54, 1.807) is 0 Å². The summed E-state index contributed by atoms with van der Waals surface area (Å²) in [5.74, 6) is -0.891. The molecule has 0 saturated carbocycles. The summed E-state index contributed by atoms with van der Waals surface area (Å²) in [5.41, 5.74) is 0. The van der Waals surface area contributed by atoms with Crippen molar-refractivity contribution < 1.29 is 28.6 Å². The van der Waals surface area contributed by atoms with Crippen LogP contribution in [0.1, 0.15) is 316 Å². The molecule has 0 amide bonds. The SMILES string of the molecule is CC/C=C\C/C=C\C/C=C\C/C=C\C/C=C\C/C=C\CCCCCCCCC(=O)OCC(COC(=O)CCCCCCCCCCCCCCCCCC)OC(=O)CCCCCCC/C=C\CCCCCCCCC. The summed E-state index contributed by atoms with van der Waals surface area (Å²) in [6.45, 7) is 6.54. The Morgan fingerprint density at radius 1 is 0.280 bits per heavy atom. The van der Waals surface area contributed by atoms with Crippen LogP contribution < -0.4 is 0 Å². The quantitative estimate of drug-likeness (QED) is 0.0261. The largest absolute Gasteiger partial charge is 0.462 e. The third kappa shape index (κ3) is 61.3. The van der Waals surface area contributed by atoms with Crippen molar-refractivity contribution in [1.82, 2.24) is 0 Å². The number of unbranched alkanes of at least 4 members (excludes halogenated alkanes) is 33. The van der Waals surface area contributed by atoms with Gasteiger partial charge < -0.3 is 14.2 Å². The molecule has 0 aliphatic rings. The van der Waals surface area contributed by atoms with Gasteiger partial charge >= 0.3 is 17.9 Å². The van der Waals surface area contributed by atoms with Crippen LogP contribution in [0.3, 0.4) is 0 Å². The molecule has 0 spiro atoms. The van der Waals surface area contributed by atoms with Gasteiger partial charge in [-0.05, 0) is 96.3 Å². The van der Waals surface area contributed by atoms with Gasteiger partial charge in [0.05, 0.1) is 0 Å². The van der Waals surface area contributed by atoms with E-state index < -0.39 is 6.10 Å². The molecule has 1 atom stereocenters. The van der Waals surface area contributed by atoms with Gasteiger partial charge in [0, 0.05) is 19.3 Å². The number of esters is 3. The summed E-state index contributed by atoms with van der Waals surface area (Å²) in [5, 5.41) is 0. The van der Waals surface area contributed by atoms with Gasteiger partial charge in [-0.15, -0.1) is 0 Å². The second-order valence-corrected chi connectivity index (χ2v) is 21.3. The van der Waals surface area contributed by atoms with E-state index in [4.69, 9.17) is 14.2 Å². The van der Waals surface area contributed by atoms with Crippen LogP contribution in [0, 0.1) is 0 Å². The molecule has 6 nitrogen and oxygen atoms in total. The predicted molar refractivity (Wildman–Crippen MR) is 325 cm³/mol. The van der Waals surface area contributed by atoms with E-state index >= 15 is 0 Å². The van der Waals surface area contributed by atoms with E-state index in [1.165, 1.54) is 154 Å². The van der Waals surface area contributed by atoms with Gasteiger partial charge in [-0.25, -0.2) is 0 Å². The average molecular weight is 1050 g/mol. The normalized spacial score (nSPS) is 12.6. The summed E-state index contributed by atoms with van der Waals surface area (Å²) in [6.07, 6.45) is 82.9. The van der Waals surface area contributed by atoms with Gasteiger partial charge in [-0.1, -0.05) is 286 Å². The summed E-state index contributed by atoms with van der Waals surface area (Å²) < 4.78 is 16.9. The lowest BCUT2D eigenvalue weighted by Crippen LogP contribution is -2.30. The first-order valence-electron chi connectivity index (χ1n) is 32.1. The minimum atomic E-state index is -0.787. The second-order valence-electron chi connectivity index (χ2n) is 21.3. The molecule has 75 heavy (non-hydrogen) atoms. The lowest BCUT2D eigenvalue weighted by molar-refractivity contribution is -0.167. The summed E-state index contributed by atoms with van der Waals surface area (Å²) in [4.78, 5) is 38.3. The van der Waals surface area contributed by atoms with Crippen molar-refractivity contribution in [3.05, 3.63) is 85.1 Å². The molecule has 6 heteroatoms. The third-order valence-electron chi connectivity index (χ3n) is 13.9. The van der Waals surface area contributed by atoms with Crippen molar-refractivity contribution in [3.63, 3.8) is 0 Å². The summed E-state index contributed by atoms with van der Waals surface area (Å²) in [6, 6.07) is 0. The molecule has 0 aromatic rings. The Labute approximate surface area is 465 Å². The standard InChI is InChI=1S/C69H120O6/c1-4-7-10-13-16-19-22-25-28-31-32-33-34-35-36-37-38-39-42-44-47-50-53-56-59-62-68(71)74-65-66(75-69(72)63-60-57-54-51-48-45-41-30-27-24-21-18-15-12-9-6-3)64-73-67(70)61-58-55-52-49-46-43-40-29-26-23-20-17-14-11-8-5-2/h7,10,16,19,25,28,30,32-33,35-36,38-39,41,66H,4-6,8-9,11-15,17-18,20-24,26-27,29,31,34,37,40,42-65H2,1-3H3/b10-7-,19-16-,28-25-,33-32-,36-35-,39-38-,41-30-.